The van der Waals surface area contributed by atoms with Crippen LogP contribution in [0.1, 0.15) is 57.6 Å². The number of carbonyl (C=O) groups excluding carboxylic acids is 1. The number of ether oxygens (including phenoxy) is 1. The Bertz CT molecular complexity index is 880. The van der Waals surface area contributed by atoms with E-state index < -0.39 is 0 Å². The van der Waals surface area contributed by atoms with Crippen LogP contribution in [0.5, 0.6) is 5.75 Å². The second-order valence-corrected chi connectivity index (χ2v) is 8.88. The van der Waals surface area contributed by atoms with Gasteiger partial charge in [-0.25, -0.2) is 4.98 Å². The highest BCUT2D eigenvalue weighted by Gasteiger charge is 2.35. The van der Waals surface area contributed by atoms with Gasteiger partial charge in [-0.05, 0) is 69.5 Å². The Balaban J connectivity index is 1.22. The second-order valence-electron chi connectivity index (χ2n) is 8.88. The number of anilines is 1. The van der Waals surface area contributed by atoms with Crippen molar-refractivity contribution in [1.82, 2.24) is 9.88 Å². The van der Waals surface area contributed by atoms with Crippen molar-refractivity contribution in [3.05, 3.63) is 30.0 Å². The van der Waals surface area contributed by atoms with E-state index in [1.807, 2.05) is 24.3 Å². The Morgan fingerprint density at radius 3 is 2.50 bits per heavy atom. The lowest BCUT2D eigenvalue weighted by Crippen LogP contribution is -2.50. The van der Waals surface area contributed by atoms with E-state index in [0.717, 1.165) is 49.1 Å². The summed E-state index contributed by atoms with van der Waals surface area (Å²) in [6.07, 6.45) is 9.52. The average molecular weight is 410 g/mol. The highest BCUT2D eigenvalue weighted by molar-refractivity contribution is 5.90. The summed E-state index contributed by atoms with van der Waals surface area (Å²) in [4.78, 5) is 21.0. The SMILES string of the molecule is CC(=O)N1CCCCc2nc(-c3ccc(O[C@H]4C[C@H](N5CCCCC5)C4)cc3)oc21. The van der Waals surface area contributed by atoms with Crippen LogP contribution >= 0.6 is 0 Å². The third kappa shape index (κ3) is 3.97. The number of nitrogens with zero attached hydrogens (tertiary/aromatic N) is 3. The number of oxazole rings is 1. The number of likely N-dealkylation sites (tertiary alicyclic amines) is 1. The molecule has 0 N–H and O–H groups in total. The number of benzene rings is 1. The summed E-state index contributed by atoms with van der Waals surface area (Å²) in [6.45, 7) is 4.80. The molecule has 6 heteroatoms. The van der Waals surface area contributed by atoms with E-state index in [-0.39, 0.29) is 5.91 Å². The lowest BCUT2D eigenvalue weighted by Gasteiger charge is -2.44. The fourth-order valence-electron chi connectivity index (χ4n) is 4.89. The summed E-state index contributed by atoms with van der Waals surface area (Å²) in [6, 6.07) is 8.71. The van der Waals surface area contributed by atoms with Gasteiger partial charge in [0.2, 0.25) is 17.7 Å². The van der Waals surface area contributed by atoms with Crippen LogP contribution < -0.4 is 9.64 Å². The topological polar surface area (TPSA) is 58.8 Å². The monoisotopic (exact) mass is 409 g/mol. The third-order valence-corrected chi connectivity index (χ3v) is 6.73. The quantitative estimate of drug-likeness (QED) is 0.748. The molecule has 0 unspecified atom stereocenters. The Morgan fingerprint density at radius 1 is 1.03 bits per heavy atom. The maximum Gasteiger partial charge on any atom is 0.229 e. The Morgan fingerprint density at radius 2 is 1.77 bits per heavy atom. The van der Waals surface area contributed by atoms with Gasteiger partial charge in [0.1, 0.15) is 17.5 Å². The van der Waals surface area contributed by atoms with Crippen LogP contribution in [0.4, 0.5) is 5.88 Å². The first-order chi connectivity index (χ1) is 14.7. The van der Waals surface area contributed by atoms with E-state index in [1.165, 1.54) is 32.4 Å². The van der Waals surface area contributed by atoms with E-state index >= 15 is 0 Å². The molecule has 0 radical (unpaired) electrons. The van der Waals surface area contributed by atoms with E-state index in [2.05, 4.69) is 9.88 Å². The number of carbonyl (C=O) groups is 1. The molecule has 0 atom stereocenters. The molecule has 1 amide bonds. The number of aromatic nitrogens is 1. The number of hydrogen-bond donors (Lipinski definition) is 0. The predicted molar refractivity (Wildman–Crippen MR) is 116 cm³/mol. The van der Waals surface area contributed by atoms with Crippen LogP contribution in [0.3, 0.4) is 0 Å². The first-order valence-electron chi connectivity index (χ1n) is 11.5. The van der Waals surface area contributed by atoms with Crippen LogP contribution in [0.15, 0.2) is 28.7 Å². The highest BCUT2D eigenvalue weighted by atomic mass is 16.5. The first kappa shape index (κ1) is 19.6. The van der Waals surface area contributed by atoms with Crippen LogP contribution in [0.2, 0.25) is 0 Å². The lowest BCUT2D eigenvalue weighted by molar-refractivity contribution is -0.116. The Kier molecular flexibility index (Phi) is 5.50. The van der Waals surface area contributed by atoms with E-state index in [9.17, 15) is 4.79 Å². The molecular formula is C24H31N3O3. The molecule has 2 aliphatic heterocycles. The smallest absolute Gasteiger partial charge is 0.229 e. The highest BCUT2D eigenvalue weighted by Crippen LogP contribution is 2.34. The zero-order valence-corrected chi connectivity index (χ0v) is 17.8. The molecular weight excluding hydrogens is 378 g/mol. The molecule has 6 nitrogen and oxygen atoms in total. The largest absolute Gasteiger partial charge is 0.490 e. The summed E-state index contributed by atoms with van der Waals surface area (Å²) in [5, 5.41) is 0. The molecule has 1 aromatic heterocycles. The van der Waals surface area contributed by atoms with Crippen molar-refractivity contribution in [2.24, 2.45) is 0 Å². The maximum absolute atomic E-state index is 12.0. The van der Waals surface area contributed by atoms with Gasteiger partial charge >= 0.3 is 0 Å². The molecule has 2 fully saturated rings. The molecule has 1 aliphatic carbocycles. The standard InChI is InChI=1S/C24H31N3O3/c1-17(28)27-14-6-3-7-22-24(27)30-23(25-22)18-8-10-20(11-9-18)29-21-15-19(16-21)26-12-4-2-5-13-26/h8-11,19,21H,2-7,12-16H2,1H3/t19-,21-. The first-order valence-corrected chi connectivity index (χ1v) is 11.5. The number of aryl methyl sites for hydroxylation is 1. The van der Waals surface area contributed by atoms with Crippen LogP contribution in [-0.4, -0.2) is 47.6 Å². The van der Waals surface area contributed by atoms with Gasteiger partial charge in [0.05, 0.1) is 0 Å². The Labute approximate surface area is 178 Å². The molecule has 1 aromatic carbocycles. The van der Waals surface area contributed by atoms with E-state index in [1.54, 1.807) is 11.8 Å². The number of fused-ring (bicyclic) bond motifs is 1. The lowest BCUT2D eigenvalue weighted by atomic mass is 9.86. The predicted octanol–water partition coefficient (Wildman–Crippen LogP) is 4.43. The molecule has 160 valence electrons. The van der Waals surface area contributed by atoms with Gasteiger partial charge < -0.3 is 14.1 Å². The fraction of sp³-hybridized carbons (Fsp3) is 0.583. The Hall–Kier alpha value is -2.34. The van der Waals surface area contributed by atoms with Gasteiger partial charge in [0.25, 0.3) is 0 Å². The molecule has 0 spiro atoms. The normalized spacial score (nSPS) is 24.6. The minimum Gasteiger partial charge on any atom is -0.490 e. The minimum absolute atomic E-state index is 0.00736. The zero-order chi connectivity index (χ0) is 20.5. The van der Waals surface area contributed by atoms with E-state index in [0.29, 0.717) is 30.5 Å². The molecule has 2 aromatic rings. The van der Waals surface area contributed by atoms with Crippen molar-refractivity contribution in [3.63, 3.8) is 0 Å². The molecule has 3 heterocycles. The van der Waals surface area contributed by atoms with Gasteiger partial charge in [0, 0.05) is 37.9 Å². The van der Waals surface area contributed by atoms with Gasteiger partial charge in [0.15, 0.2) is 0 Å². The van der Waals surface area contributed by atoms with Crippen molar-refractivity contribution in [3.8, 4) is 17.2 Å². The van der Waals surface area contributed by atoms with Gasteiger partial charge in [-0.2, -0.15) is 0 Å². The van der Waals surface area contributed by atoms with Crippen molar-refractivity contribution in [1.29, 1.82) is 0 Å². The summed E-state index contributed by atoms with van der Waals surface area (Å²) in [5.74, 6) is 2.11. The molecule has 30 heavy (non-hydrogen) atoms. The summed E-state index contributed by atoms with van der Waals surface area (Å²) in [7, 11) is 0. The summed E-state index contributed by atoms with van der Waals surface area (Å²) >= 11 is 0. The number of amides is 1. The zero-order valence-electron chi connectivity index (χ0n) is 17.8. The van der Waals surface area contributed by atoms with Gasteiger partial charge in [-0.3, -0.25) is 9.69 Å². The maximum atomic E-state index is 12.0. The van der Waals surface area contributed by atoms with Crippen LogP contribution in [0, 0.1) is 0 Å². The minimum atomic E-state index is 0.00736. The second kappa shape index (κ2) is 8.42. The van der Waals surface area contributed by atoms with Gasteiger partial charge in [-0.15, -0.1) is 0 Å². The average Bonchev–Trinajstić information content (AvgIpc) is 3.04. The van der Waals surface area contributed by atoms with Crippen molar-refractivity contribution in [2.75, 3.05) is 24.5 Å². The van der Waals surface area contributed by atoms with Crippen LogP contribution in [-0.2, 0) is 11.2 Å². The van der Waals surface area contributed by atoms with Crippen molar-refractivity contribution < 1.29 is 13.9 Å². The number of hydrogen-bond acceptors (Lipinski definition) is 5. The van der Waals surface area contributed by atoms with Crippen LogP contribution in [0.25, 0.3) is 11.5 Å². The summed E-state index contributed by atoms with van der Waals surface area (Å²) < 4.78 is 12.2. The third-order valence-electron chi connectivity index (χ3n) is 6.73. The van der Waals surface area contributed by atoms with Crippen molar-refractivity contribution >= 4 is 11.8 Å². The molecule has 1 saturated heterocycles. The summed E-state index contributed by atoms with van der Waals surface area (Å²) in [5.41, 5.74) is 1.80. The fourth-order valence-corrected chi connectivity index (χ4v) is 4.89. The molecule has 0 bridgehead atoms. The van der Waals surface area contributed by atoms with Gasteiger partial charge in [-0.1, -0.05) is 6.42 Å². The molecule has 3 aliphatic rings. The van der Waals surface area contributed by atoms with Crippen molar-refractivity contribution in [2.45, 2.75) is 70.4 Å². The molecule has 1 saturated carbocycles. The number of piperidine rings is 1. The number of rotatable bonds is 4. The molecule has 5 rings (SSSR count). The van der Waals surface area contributed by atoms with E-state index in [4.69, 9.17) is 9.15 Å².